The van der Waals surface area contributed by atoms with Crippen LogP contribution < -0.4 is 0 Å². The highest BCUT2D eigenvalue weighted by Crippen LogP contribution is 2.25. The van der Waals surface area contributed by atoms with Gasteiger partial charge in [-0.05, 0) is 59.3 Å². The van der Waals surface area contributed by atoms with Crippen molar-refractivity contribution in [1.82, 2.24) is 0 Å². The van der Waals surface area contributed by atoms with Crippen LogP contribution in [0.15, 0.2) is 47.5 Å². The third-order valence-electron chi connectivity index (χ3n) is 2.35. The van der Waals surface area contributed by atoms with Gasteiger partial charge < -0.3 is 5.11 Å². The lowest BCUT2D eigenvalue weighted by atomic mass is 10.1. The van der Waals surface area contributed by atoms with Crippen molar-refractivity contribution in [3.8, 4) is 5.75 Å². The van der Waals surface area contributed by atoms with Crippen LogP contribution in [-0.4, -0.2) is 11.3 Å². The molecule has 0 heterocycles. The number of para-hydroxylation sites is 1. The third-order valence-corrected chi connectivity index (χ3v) is 3.17. The lowest BCUT2D eigenvalue weighted by molar-refractivity contribution is 0.470. The summed E-state index contributed by atoms with van der Waals surface area (Å²) in [4.78, 5) is 4.33. The van der Waals surface area contributed by atoms with Gasteiger partial charge in [0.15, 0.2) is 0 Å². The van der Waals surface area contributed by atoms with Gasteiger partial charge in [0.2, 0.25) is 0 Å². The van der Waals surface area contributed by atoms with Crippen LogP contribution in [0, 0.1) is 10.5 Å². The van der Waals surface area contributed by atoms with Gasteiger partial charge in [0.25, 0.3) is 0 Å². The molecule has 2 nitrogen and oxygen atoms in total. The summed E-state index contributed by atoms with van der Waals surface area (Å²) in [5.41, 5.74) is 2.74. The lowest BCUT2D eigenvalue weighted by Crippen LogP contribution is -1.87. The van der Waals surface area contributed by atoms with Gasteiger partial charge in [0, 0.05) is 11.8 Å². The Labute approximate surface area is 114 Å². The summed E-state index contributed by atoms with van der Waals surface area (Å²) in [6.45, 7) is 2.00. The van der Waals surface area contributed by atoms with E-state index in [0.29, 0.717) is 0 Å². The van der Waals surface area contributed by atoms with Gasteiger partial charge >= 0.3 is 0 Å². The summed E-state index contributed by atoms with van der Waals surface area (Å²) >= 11 is 2.12. The van der Waals surface area contributed by atoms with Gasteiger partial charge in [-0.3, -0.25) is 4.99 Å². The molecule has 2 rings (SSSR count). The van der Waals surface area contributed by atoms with E-state index in [1.165, 1.54) is 0 Å². The Morgan fingerprint density at radius 1 is 1.18 bits per heavy atom. The van der Waals surface area contributed by atoms with E-state index in [-0.39, 0.29) is 5.75 Å². The quantitative estimate of drug-likeness (QED) is 0.651. The molecule has 17 heavy (non-hydrogen) atoms. The molecular weight excluding hydrogens is 325 g/mol. The second-order valence-electron chi connectivity index (χ2n) is 3.78. The number of halogens is 1. The lowest BCUT2D eigenvalue weighted by Gasteiger charge is -2.03. The Hall–Kier alpha value is -1.36. The van der Waals surface area contributed by atoms with Gasteiger partial charge in [-0.2, -0.15) is 0 Å². The highest BCUT2D eigenvalue weighted by molar-refractivity contribution is 14.1. The molecule has 0 spiro atoms. The van der Waals surface area contributed by atoms with Crippen molar-refractivity contribution in [2.45, 2.75) is 6.92 Å². The molecule has 2 aromatic carbocycles. The van der Waals surface area contributed by atoms with Crippen molar-refractivity contribution >= 4 is 34.5 Å². The first kappa shape index (κ1) is 12.1. The largest absolute Gasteiger partial charge is 0.506 e. The van der Waals surface area contributed by atoms with E-state index >= 15 is 0 Å². The van der Waals surface area contributed by atoms with Gasteiger partial charge in [-0.1, -0.05) is 18.2 Å². The third kappa shape index (κ3) is 3.06. The summed E-state index contributed by atoms with van der Waals surface area (Å²) < 4.78 is 0.845. The molecule has 0 aliphatic rings. The monoisotopic (exact) mass is 337 g/mol. The number of aromatic hydroxyl groups is 1. The van der Waals surface area contributed by atoms with E-state index in [0.717, 1.165) is 20.4 Å². The molecular formula is C14H12INO. The molecule has 0 aliphatic heterocycles. The maximum absolute atomic E-state index is 9.90. The van der Waals surface area contributed by atoms with Crippen molar-refractivity contribution < 1.29 is 5.11 Å². The van der Waals surface area contributed by atoms with Gasteiger partial charge in [0.05, 0.1) is 9.26 Å². The summed E-state index contributed by atoms with van der Waals surface area (Å²) in [5.74, 6) is 0.288. The van der Waals surface area contributed by atoms with Crippen molar-refractivity contribution in [3.05, 3.63) is 57.2 Å². The van der Waals surface area contributed by atoms with E-state index in [1.54, 1.807) is 6.21 Å². The Balaban J connectivity index is 2.33. The van der Waals surface area contributed by atoms with E-state index in [9.17, 15) is 5.11 Å². The van der Waals surface area contributed by atoms with E-state index < -0.39 is 0 Å². The van der Waals surface area contributed by atoms with Crippen molar-refractivity contribution in [2.75, 3.05) is 0 Å². The molecule has 86 valence electrons. The van der Waals surface area contributed by atoms with Gasteiger partial charge in [-0.15, -0.1) is 0 Å². The predicted octanol–water partition coefficient (Wildman–Crippen LogP) is 4.06. The minimum absolute atomic E-state index is 0.288. The number of nitrogens with zero attached hydrogens (tertiary/aromatic N) is 1. The average molecular weight is 337 g/mol. The Bertz CT molecular complexity index is 550. The number of hydrogen-bond donors (Lipinski definition) is 1. The minimum atomic E-state index is 0.288. The SMILES string of the molecule is Cc1cc(I)c(O)c(/C=N/c2ccccc2)c1. The van der Waals surface area contributed by atoms with Crippen molar-refractivity contribution in [3.63, 3.8) is 0 Å². The molecule has 0 unspecified atom stereocenters. The molecule has 0 aromatic heterocycles. The van der Waals surface area contributed by atoms with Crippen molar-refractivity contribution in [1.29, 1.82) is 0 Å². The molecule has 0 atom stereocenters. The molecule has 3 heteroatoms. The van der Waals surface area contributed by atoms with Crippen LogP contribution in [-0.2, 0) is 0 Å². The molecule has 0 fully saturated rings. The zero-order valence-electron chi connectivity index (χ0n) is 9.39. The van der Waals surface area contributed by atoms with Crippen LogP contribution in [0.2, 0.25) is 0 Å². The summed E-state index contributed by atoms with van der Waals surface area (Å²) in [5, 5.41) is 9.90. The van der Waals surface area contributed by atoms with E-state index in [2.05, 4.69) is 27.6 Å². The molecule has 0 bridgehead atoms. The predicted molar refractivity (Wildman–Crippen MR) is 79.3 cm³/mol. The Kier molecular flexibility index (Phi) is 3.78. The van der Waals surface area contributed by atoms with Crippen LogP contribution >= 0.6 is 22.6 Å². The standard InChI is InChI=1S/C14H12INO/c1-10-7-11(14(17)13(15)8-10)9-16-12-5-3-2-4-6-12/h2-9,17H,1H3/b16-9+. The summed E-state index contributed by atoms with van der Waals surface area (Å²) in [6, 6.07) is 13.5. The second kappa shape index (κ2) is 5.31. The number of phenols is 1. The topological polar surface area (TPSA) is 32.6 Å². The van der Waals surface area contributed by atoms with Crippen LogP contribution in [0.3, 0.4) is 0 Å². The maximum Gasteiger partial charge on any atom is 0.137 e. The Morgan fingerprint density at radius 2 is 1.88 bits per heavy atom. The number of benzene rings is 2. The van der Waals surface area contributed by atoms with Crippen molar-refractivity contribution in [2.24, 2.45) is 4.99 Å². The maximum atomic E-state index is 9.90. The number of rotatable bonds is 2. The first-order valence-corrected chi connectivity index (χ1v) is 6.33. The smallest absolute Gasteiger partial charge is 0.137 e. The molecule has 0 saturated carbocycles. The first-order valence-electron chi connectivity index (χ1n) is 5.25. The molecule has 0 saturated heterocycles. The Morgan fingerprint density at radius 3 is 2.59 bits per heavy atom. The van der Waals surface area contributed by atoms with E-state index in [1.807, 2.05) is 49.4 Å². The minimum Gasteiger partial charge on any atom is -0.506 e. The van der Waals surface area contributed by atoms with Crippen LogP contribution in [0.5, 0.6) is 5.75 Å². The number of aliphatic imine (C=N–C) groups is 1. The number of phenolic OH excluding ortho intramolecular Hbond substituents is 1. The molecule has 2 aromatic rings. The molecule has 1 N–H and O–H groups in total. The summed E-state index contributed by atoms with van der Waals surface area (Å²) in [7, 11) is 0. The van der Waals surface area contributed by atoms with Gasteiger partial charge in [0.1, 0.15) is 5.75 Å². The fourth-order valence-corrected chi connectivity index (χ4v) is 2.32. The second-order valence-corrected chi connectivity index (χ2v) is 4.94. The highest BCUT2D eigenvalue weighted by Gasteiger charge is 2.04. The summed E-state index contributed by atoms with van der Waals surface area (Å²) in [6.07, 6.45) is 1.69. The normalized spacial score (nSPS) is 10.9. The van der Waals surface area contributed by atoms with Gasteiger partial charge in [-0.25, -0.2) is 0 Å². The zero-order chi connectivity index (χ0) is 12.3. The first-order chi connectivity index (χ1) is 8.16. The van der Waals surface area contributed by atoms with E-state index in [4.69, 9.17) is 0 Å². The fraction of sp³-hybridized carbons (Fsp3) is 0.0714. The molecule has 0 aliphatic carbocycles. The number of hydrogen-bond acceptors (Lipinski definition) is 2. The average Bonchev–Trinajstić information content (AvgIpc) is 2.33. The fourth-order valence-electron chi connectivity index (χ4n) is 1.52. The molecule has 0 radical (unpaired) electrons. The van der Waals surface area contributed by atoms with Crippen LogP contribution in [0.25, 0.3) is 0 Å². The van der Waals surface area contributed by atoms with Crippen LogP contribution in [0.1, 0.15) is 11.1 Å². The highest BCUT2D eigenvalue weighted by atomic mass is 127. The zero-order valence-corrected chi connectivity index (χ0v) is 11.5. The molecule has 0 amide bonds. The number of aryl methyl sites for hydroxylation is 1. The van der Waals surface area contributed by atoms with Crippen LogP contribution in [0.4, 0.5) is 5.69 Å².